The van der Waals surface area contributed by atoms with Crippen molar-refractivity contribution in [2.24, 2.45) is 0 Å². The van der Waals surface area contributed by atoms with Crippen LogP contribution in [-0.4, -0.2) is 35.6 Å². The number of hydrogen-bond donors (Lipinski definition) is 1. The number of rotatable bonds is 5. The predicted molar refractivity (Wildman–Crippen MR) is 59.4 cm³/mol. The third-order valence-corrected chi connectivity index (χ3v) is 2.80. The molecule has 1 saturated heterocycles. The van der Waals surface area contributed by atoms with Gasteiger partial charge < -0.3 is 14.6 Å². The Balaban J connectivity index is 1.75. The first kappa shape index (κ1) is 14.3. The van der Waals surface area contributed by atoms with Crippen LogP contribution in [0.4, 0.5) is 13.2 Å². The number of hydrogen-bond acceptors (Lipinski definition) is 5. The fourth-order valence-electron chi connectivity index (χ4n) is 1.93. The Hall–Kier alpha value is -1.15. The van der Waals surface area contributed by atoms with E-state index in [1.807, 2.05) is 0 Å². The molecule has 1 aromatic heterocycles. The second-order valence-electron chi connectivity index (χ2n) is 4.52. The van der Waals surface area contributed by atoms with Crippen LogP contribution in [0.15, 0.2) is 4.52 Å². The smallest absolute Gasteiger partial charge is 0.378 e. The first-order chi connectivity index (χ1) is 9.03. The van der Waals surface area contributed by atoms with Gasteiger partial charge in [0.15, 0.2) is 5.82 Å². The fourth-order valence-corrected chi connectivity index (χ4v) is 1.93. The van der Waals surface area contributed by atoms with Crippen molar-refractivity contribution in [3.05, 3.63) is 11.7 Å². The molecule has 1 aromatic rings. The van der Waals surface area contributed by atoms with Gasteiger partial charge in [-0.25, -0.2) is 0 Å². The molecule has 1 aliphatic heterocycles. The highest BCUT2D eigenvalue weighted by Gasteiger charge is 2.26. The molecule has 0 radical (unpaired) electrons. The van der Waals surface area contributed by atoms with Gasteiger partial charge in [-0.05, 0) is 19.3 Å². The lowest BCUT2D eigenvalue weighted by atomic mass is 10.1. The van der Waals surface area contributed by atoms with E-state index in [0.29, 0.717) is 12.2 Å². The van der Waals surface area contributed by atoms with Gasteiger partial charge in [0.2, 0.25) is 5.89 Å². The van der Waals surface area contributed by atoms with Crippen LogP contribution in [0.5, 0.6) is 0 Å². The molecule has 2 heterocycles. The van der Waals surface area contributed by atoms with Crippen LogP contribution in [0.3, 0.4) is 0 Å². The number of ether oxygens (including phenoxy) is 1. The standard InChI is InChI=1S/C11H16F3N3O2/c12-11(13,14)7-15-6-10-16-9(17-19-10)5-8-3-1-2-4-18-8/h8,15H,1-7H2. The van der Waals surface area contributed by atoms with Gasteiger partial charge in [0.25, 0.3) is 0 Å². The van der Waals surface area contributed by atoms with Crippen molar-refractivity contribution >= 4 is 0 Å². The molecular weight excluding hydrogens is 263 g/mol. The summed E-state index contributed by atoms with van der Waals surface area (Å²) in [4.78, 5) is 4.04. The molecule has 8 heteroatoms. The lowest BCUT2D eigenvalue weighted by Gasteiger charge is -2.20. The zero-order valence-corrected chi connectivity index (χ0v) is 10.4. The summed E-state index contributed by atoms with van der Waals surface area (Å²) in [6.45, 7) is -0.420. The molecule has 108 valence electrons. The van der Waals surface area contributed by atoms with Crippen LogP contribution in [0.25, 0.3) is 0 Å². The summed E-state index contributed by atoms with van der Waals surface area (Å²) in [5.41, 5.74) is 0. The molecule has 2 rings (SSSR count). The van der Waals surface area contributed by atoms with Gasteiger partial charge in [-0.2, -0.15) is 18.2 Å². The van der Waals surface area contributed by atoms with Crippen molar-refractivity contribution in [2.45, 2.75) is 44.5 Å². The molecule has 1 N–H and O–H groups in total. The lowest BCUT2D eigenvalue weighted by molar-refractivity contribution is -0.125. The highest BCUT2D eigenvalue weighted by Crippen LogP contribution is 2.16. The van der Waals surface area contributed by atoms with Crippen molar-refractivity contribution in [3.63, 3.8) is 0 Å². The number of halogens is 3. The second kappa shape index (κ2) is 6.33. The van der Waals surface area contributed by atoms with Gasteiger partial charge in [0.1, 0.15) is 0 Å². The van der Waals surface area contributed by atoms with Crippen LogP contribution in [0, 0.1) is 0 Å². The summed E-state index contributed by atoms with van der Waals surface area (Å²) < 4.78 is 46.2. The van der Waals surface area contributed by atoms with Gasteiger partial charge in [-0.1, -0.05) is 5.16 Å². The predicted octanol–water partition coefficient (Wildman–Crippen LogP) is 1.83. The van der Waals surface area contributed by atoms with Crippen molar-refractivity contribution in [1.82, 2.24) is 15.5 Å². The topological polar surface area (TPSA) is 60.2 Å². The quantitative estimate of drug-likeness (QED) is 0.891. The summed E-state index contributed by atoms with van der Waals surface area (Å²) in [5.74, 6) is 0.644. The van der Waals surface area contributed by atoms with E-state index in [4.69, 9.17) is 9.26 Å². The number of nitrogens with one attached hydrogen (secondary N) is 1. The zero-order valence-electron chi connectivity index (χ0n) is 10.4. The molecule has 1 atom stereocenters. The van der Waals surface area contributed by atoms with Gasteiger partial charge in [-0.15, -0.1) is 0 Å². The minimum Gasteiger partial charge on any atom is -0.378 e. The van der Waals surface area contributed by atoms with Crippen LogP contribution in [-0.2, 0) is 17.7 Å². The van der Waals surface area contributed by atoms with Gasteiger partial charge in [0.05, 0.1) is 19.2 Å². The Morgan fingerprint density at radius 2 is 2.16 bits per heavy atom. The highest BCUT2D eigenvalue weighted by atomic mass is 19.4. The average molecular weight is 279 g/mol. The van der Waals surface area contributed by atoms with E-state index in [2.05, 4.69) is 15.5 Å². The molecule has 1 fully saturated rings. The largest absolute Gasteiger partial charge is 0.401 e. The van der Waals surface area contributed by atoms with E-state index in [9.17, 15) is 13.2 Å². The SMILES string of the molecule is FC(F)(F)CNCc1nc(CC2CCCCO2)no1. The minimum absolute atomic E-state index is 0.0853. The molecule has 0 spiro atoms. The molecule has 0 aromatic carbocycles. The number of aromatic nitrogens is 2. The molecule has 0 saturated carbocycles. The Bertz CT molecular complexity index is 389. The van der Waals surface area contributed by atoms with E-state index in [-0.39, 0.29) is 18.5 Å². The van der Waals surface area contributed by atoms with Crippen molar-refractivity contribution in [1.29, 1.82) is 0 Å². The first-order valence-electron chi connectivity index (χ1n) is 6.23. The minimum atomic E-state index is -4.24. The van der Waals surface area contributed by atoms with E-state index < -0.39 is 12.7 Å². The highest BCUT2D eigenvalue weighted by molar-refractivity contribution is 4.89. The monoisotopic (exact) mass is 279 g/mol. The van der Waals surface area contributed by atoms with E-state index in [1.54, 1.807) is 0 Å². The Morgan fingerprint density at radius 3 is 2.84 bits per heavy atom. The summed E-state index contributed by atoms with van der Waals surface area (Å²) in [7, 11) is 0. The normalized spacial score (nSPS) is 20.7. The van der Waals surface area contributed by atoms with Crippen molar-refractivity contribution in [2.75, 3.05) is 13.2 Å². The van der Waals surface area contributed by atoms with Crippen LogP contribution < -0.4 is 5.32 Å². The van der Waals surface area contributed by atoms with Crippen LogP contribution >= 0.6 is 0 Å². The second-order valence-corrected chi connectivity index (χ2v) is 4.52. The average Bonchev–Trinajstić information content (AvgIpc) is 2.76. The summed E-state index contributed by atoms with van der Waals surface area (Å²) in [6.07, 6.45) is -0.474. The molecule has 1 unspecified atom stereocenters. The molecule has 0 amide bonds. The Kier molecular flexibility index (Phi) is 4.76. The Labute approximate surface area is 108 Å². The zero-order chi connectivity index (χ0) is 13.7. The summed E-state index contributed by atoms with van der Waals surface area (Å²) in [6, 6.07) is 0. The lowest BCUT2D eigenvalue weighted by Crippen LogP contribution is -2.28. The van der Waals surface area contributed by atoms with Crippen LogP contribution in [0.1, 0.15) is 31.0 Å². The number of alkyl halides is 3. The van der Waals surface area contributed by atoms with Gasteiger partial charge in [-0.3, -0.25) is 0 Å². The maximum atomic E-state index is 11.9. The van der Waals surface area contributed by atoms with Crippen molar-refractivity contribution in [3.8, 4) is 0 Å². The van der Waals surface area contributed by atoms with Crippen LogP contribution in [0.2, 0.25) is 0 Å². The molecule has 0 aliphatic carbocycles. The fraction of sp³-hybridized carbons (Fsp3) is 0.818. The number of nitrogens with zero attached hydrogens (tertiary/aromatic N) is 2. The summed E-state index contributed by atoms with van der Waals surface area (Å²) in [5, 5.41) is 5.94. The van der Waals surface area contributed by atoms with E-state index in [1.165, 1.54) is 0 Å². The molecular formula is C11H16F3N3O2. The molecule has 5 nitrogen and oxygen atoms in total. The summed E-state index contributed by atoms with van der Waals surface area (Å²) >= 11 is 0. The molecule has 19 heavy (non-hydrogen) atoms. The maximum absolute atomic E-state index is 11.9. The molecule has 1 aliphatic rings. The van der Waals surface area contributed by atoms with Crippen molar-refractivity contribution < 1.29 is 22.4 Å². The molecule has 0 bridgehead atoms. The van der Waals surface area contributed by atoms with Gasteiger partial charge in [0, 0.05) is 13.0 Å². The third kappa shape index (κ3) is 5.15. The first-order valence-corrected chi connectivity index (χ1v) is 6.23. The van der Waals surface area contributed by atoms with E-state index in [0.717, 1.165) is 25.9 Å². The van der Waals surface area contributed by atoms with Gasteiger partial charge >= 0.3 is 6.18 Å². The maximum Gasteiger partial charge on any atom is 0.401 e. The third-order valence-electron chi connectivity index (χ3n) is 2.80. The Morgan fingerprint density at radius 1 is 1.32 bits per heavy atom. The van der Waals surface area contributed by atoms with E-state index >= 15 is 0 Å².